The first-order valence-corrected chi connectivity index (χ1v) is 14.3. The second-order valence-corrected chi connectivity index (χ2v) is 10.8. The highest BCUT2D eigenvalue weighted by molar-refractivity contribution is 7.17. The predicted molar refractivity (Wildman–Crippen MR) is 157 cm³/mol. The van der Waals surface area contributed by atoms with Crippen molar-refractivity contribution in [3.63, 3.8) is 0 Å². The van der Waals surface area contributed by atoms with Crippen LogP contribution in [0.1, 0.15) is 39.3 Å². The second-order valence-electron chi connectivity index (χ2n) is 9.75. The molecule has 0 unspecified atom stereocenters. The molecular formula is C30H28N6O4S. The number of anilines is 2. The Kier molecular flexibility index (Phi) is 7.59. The number of nitrogens with zero attached hydrogens (tertiary/aromatic N) is 4. The Hall–Kier alpha value is -4.77. The van der Waals surface area contributed by atoms with Gasteiger partial charge in [-0.25, -0.2) is 9.97 Å². The van der Waals surface area contributed by atoms with Crippen molar-refractivity contribution in [3.05, 3.63) is 83.7 Å². The summed E-state index contributed by atoms with van der Waals surface area (Å²) >= 11 is 1.31. The van der Waals surface area contributed by atoms with E-state index in [1.54, 1.807) is 24.4 Å². The van der Waals surface area contributed by atoms with Gasteiger partial charge in [-0.15, -0.1) is 11.3 Å². The van der Waals surface area contributed by atoms with Crippen molar-refractivity contribution >= 4 is 51.6 Å². The van der Waals surface area contributed by atoms with Crippen LogP contribution in [-0.4, -0.2) is 56.7 Å². The maximum absolute atomic E-state index is 13.2. The SMILES string of the molecule is O=C(CNc1ccc2c(c1)nc(NC(=O)c1ccc(-c3cnco3)s1)n2CCCN1CCCC1=O)c1ccccc1. The highest BCUT2D eigenvalue weighted by Crippen LogP contribution is 2.29. The summed E-state index contributed by atoms with van der Waals surface area (Å²) in [5, 5.41) is 6.16. The maximum atomic E-state index is 13.2. The number of carbonyl (C=O) groups is 3. The monoisotopic (exact) mass is 568 g/mol. The normalized spacial score (nSPS) is 13.2. The predicted octanol–water partition coefficient (Wildman–Crippen LogP) is 5.31. The molecule has 4 heterocycles. The van der Waals surface area contributed by atoms with Crippen LogP contribution in [-0.2, 0) is 11.3 Å². The standard InChI is InChI=1S/C30H28N6O4S/c37-24(20-6-2-1-3-7-20)17-32-21-9-10-23-22(16-21)33-30(36(23)15-5-14-35-13-4-8-28(35)38)34-29(39)27-12-11-26(41-27)25-18-31-19-40-25/h1-3,6-7,9-12,16,18-19,32H,4-5,8,13-15,17H2,(H,33,34,39). The van der Waals surface area contributed by atoms with Crippen molar-refractivity contribution in [2.45, 2.75) is 25.8 Å². The second kappa shape index (κ2) is 11.8. The number of rotatable bonds is 11. The van der Waals surface area contributed by atoms with E-state index < -0.39 is 0 Å². The van der Waals surface area contributed by atoms with E-state index in [-0.39, 0.29) is 24.1 Å². The molecule has 0 radical (unpaired) electrons. The van der Waals surface area contributed by atoms with E-state index in [9.17, 15) is 14.4 Å². The third kappa shape index (κ3) is 5.90. The van der Waals surface area contributed by atoms with Crippen molar-refractivity contribution < 1.29 is 18.8 Å². The molecule has 3 aromatic heterocycles. The molecule has 2 aromatic carbocycles. The van der Waals surface area contributed by atoms with Crippen molar-refractivity contribution in [3.8, 4) is 10.6 Å². The fourth-order valence-corrected chi connectivity index (χ4v) is 5.78. The van der Waals surface area contributed by atoms with Gasteiger partial charge in [0.05, 0.1) is 33.5 Å². The molecule has 11 heteroatoms. The number of hydrogen-bond donors (Lipinski definition) is 2. The van der Waals surface area contributed by atoms with E-state index in [4.69, 9.17) is 9.40 Å². The molecule has 5 aromatic rings. The minimum absolute atomic E-state index is 0.0127. The fraction of sp³-hybridized carbons (Fsp3) is 0.233. The topological polar surface area (TPSA) is 122 Å². The molecule has 6 rings (SSSR count). The van der Waals surface area contributed by atoms with Gasteiger partial charge >= 0.3 is 0 Å². The van der Waals surface area contributed by atoms with Gasteiger partial charge in [0.15, 0.2) is 17.9 Å². The highest BCUT2D eigenvalue weighted by atomic mass is 32.1. The Balaban J connectivity index is 1.22. The van der Waals surface area contributed by atoms with E-state index in [1.165, 1.54) is 17.7 Å². The molecule has 2 N–H and O–H groups in total. The fourth-order valence-electron chi connectivity index (χ4n) is 4.92. The number of oxazole rings is 1. The molecule has 0 saturated carbocycles. The van der Waals surface area contributed by atoms with Crippen LogP contribution < -0.4 is 10.6 Å². The molecule has 1 aliphatic rings. The average Bonchev–Trinajstić information content (AvgIpc) is 3.80. The highest BCUT2D eigenvalue weighted by Gasteiger charge is 2.21. The molecule has 2 amide bonds. The number of aryl methyl sites for hydroxylation is 1. The number of imidazole rings is 1. The van der Waals surface area contributed by atoms with Gasteiger partial charge < -0.3 is 19.2 Å². The number of likely N-dealkylation sites (tertiary alicyclic amines) is 1. The number of nitrogens with one attached hydrogen (secondary N) is 2. The number of carbonyl (C=O) groups excluding carboxylic acids is 3. The maximum Gasteiger partial charge on any atom is 0.268 e. The Labute approximate surface area is 240 Å². The van der Waals surface area contributed by atoms with Crippen LogP contribution >= 0.6 is 11.3 Å². The lowest BCUT2D eigenvalue weighted by molar-refractivity contribution is -0.127. The Morgan fingerprint density at radius 1 is 1.05 bits per heavy atom. The summed E-state index contributed by atoms with van der Waals surface area (Å²) in [6.07, 6.45) is 5.19. The summed E-state index contributed by atoms with van der Waals surface area (Å²) in [6, 6.07) is 18.4. The van der Waals surface area contributed by atoms with Crippen LogP contribution in [0.4, 0.5) is 11.6 Å². The van der Waals surface area contributed by atoms with Crippen molar-refractivity contribution in [2.24, 2.45) is 0 Å². The number of amides is 2. The van der Waals surface area contributed by atoms with Gasteiger partial charge in [0.2, 0.25) is 11.9 Å². The molecule has 10 nitrogen and oxygen atoms in total. The number of hydrogen-bond acceptors (Lipinski definition) is 8. The molecular weight excluding hydrogens is 540 g/mol. The molecule has 0 atom stereocenters. The quantitative estimate of drug-likeness (QED) is 0.207. The first-order valence-electron chi connectivity index (χ1n) is 13.5. The number of Topliss-reactive ketones (excluding diaryl/α,β-unsaturated/α-hetero) is 1. The van der Waals surface area contributed by atoms with Crippen LogP contribution in [0.15, 0.2) is 77.7 Å². The number of thiophene rings is 1. The molecule has 0 aliphatic carbocycles. The zero-order valence-electron chi connectivity index (χ0n) is 22.2. The molecule has 41 heavy (non-hydrogen) atoms. The molecule has 0 bridgehead atoms. The third-order valence-electron chi connectivity index (χ3n) is 7.01. The van der Waals surface area contributed by atoms with Gasteiger partial charge in [-0.05, 0) is 43.2 Å². The average molecular weight is 569 g/mol. The largest absolute Gasteiger partial charge is 0.443 e. The van der Waals surface area contributed by atoms with E-state index in [2.05, 4.69) is 15.6 Å². The lowest BCUT2D eigenvalue weighted by Gasteiger charge is -2.16. The smallest absolute Gasteiger partial charge is 0.268 e. The van der Waals surface area contributed by atoms with E-state index >= 15 is 0 Å². The Morgan fingerprint density at radius 2 is 1.93 bits per heavy atom. The van der Waals surface area contributed by atoms with Gasteiger partial charge in [-0.2, -0.15) is 0 Å². The Morgan fingerprint density at radius 3 is 2.71 bits per heavy atom. The van der Waals surface area contributed by atoms with Crippen molar-refractivity contribution in [1.29, 1.82) is 0 Å². The van der Waals surface area contributed by atoms with Gasteiger partial charge in [-0.1, -0.05) is 30.3 Å². The first-order chi connectivity index (χ1) is 20.0. The number of aromatic nitrogens is 3. The molecule has 1 fully saturated rings. The third-order valence-corrected chi connectivity index (χ3v) is 8.11. The van der Waals surface area contributed by atoms with Crippen LogP contribution in [0.2, 0.25) is 0 Å². The van der Waals surface area contributed by atoms with Crippen molar-refractivity contribution in [2.75, 3.05) is 30.3 Å². The minimum Gasteiger partial charge on any atom is -0.443 e. The van der Waals surface area contributed by atoms with E-state index in [0.717, 1.165) is 35.5 Å². The van der Waals surface area contributed by atoms with Crippen LogP contribution in [0.5, 0.6) is 0 Å². The van der Waals surface area contributed by atoms with Gasteiger partial charge in [-0.3, -0.25) is 19.7 Å². The summed E-state index contributed by atoms with van der Waals surface area (Å²) in [6.45, 7) is 2.16. The van der Waals surface area contributed by atoms with Crippen LogP contribution in [0.25, 0.3) is 21.7 Å². The summed E-state index contributed by atoms with van der Waals surface area (Å²) < 4.78 is 7.32. The van der Waals surface area contributed by atoms with E-state index in [1.807, 2.05) is 51.9 Å². The van der Waals surface area contributed by atoms with Gasteiger partial charge in [0, 0.05) is 37.3 Å². The molecule has 0 spiro atoms. The lowest BCUT2D eigenvalue weighted by Crippen LogP contribution is -2.26. The first kappa shape index (κ1) is 26.5. The molecule has 1 aliphatic heterocycles. The zero-order chi connectivity index (χ0) is 28.2. The summed E-state index contributed by atoms with van der Waals surface area (Å²) in [7, 11) is 0. The van der Waals surface area contributed by atoms with Crippen molar-refractivity contribution in [1.82, 2.24) is 19.4 Å². The van der Waals surface area contributed by atoms with Crippen LogP contribution in [0, 0.1) is 0 Å². The summed E-state index contributed by atoms with van der Waals surface area (Å²) in [5.41, 5.74) is 2.93. The Bertz CT molecular complexity index is 1690. The number of fused-ring (bicyclic) bond motifs is 1. The van der Waals surface area contributed by atoms with Crippen LogP contribution in [0.3, 0.4) is 0 Å². The van der Waals surface area contributed by atoms with Gasteiger partial charge in [0.1, 0.15) is 0 Å². The minimum atomic E-state index is -0.279. The molecule has 208 valence electrons. The molecule has 1 saturated heterocycles. The number of ketones is 1. The van der Waals surface area contributed by atoms with E-state index in [0.29, 0.717) is 47.2 Å². The summed E-state index contributed by atoms with van der Waals surface area (Å²) in [5.74, 6) is 0.920. The summed E-state index contributed by atoms with van der Waals surface area (Å²) in [4.78, 5) is 49.8. The van der Waals surface area contributed by atoms with Gasteiger partial charge in [0.25, 0.3) is 5.91 Å². The number of benzene rings is 2. The lowest BCUT2D eigenvalue weighted by atomic mass is 10.1. The zero-order valence-corrected chi connectivity index (χ0v) is 23.0.